The molecule has 2 fully saturated rings. The van der Waals surface area contributed by atoms with Gasteiger partial charge in [0, 0.05) is 13.6 Å². The largest absolute Gasteiger partial charge is 0.493 e. The molecule has 2 N–H and O–H groups in total. The van der Waals surface area contributed by atoms with E-state index in [9.17, 15) is 0 Å². The molecule has 2 aromatic carbocycles. The van der Waals surface area contributed by atoms with Crippen LogP contribution in [0.3, 0.4) is 0 Å². The molecule has 3 unspecified atom stereocenters. The standard InChI is InChI=1S/C24H29N3O2.HI/c1-25-24(27-21-14-20-9-11-23(21)29-20)26-15-16-4-6-17(7-5-16)18-8-10-22-19(13-18)3-2-12-28-22;/h4-8,10,13,20-21,23H,2-3,9,11-12,14-15H2,1H3,(H2,25,26,27);1H. The lowest BCUT2D eigenvalue weighted by atomic mass is 9.96. The van der Waals surface area contributed by atoms with Crippen molar-refractivity contribution in [2.75, 3.05) is 13.7 Å². The Balaban J connectivity index is 0.00000218. The van der Waals surface area contributed by atoms with Crippen molar-refractivity contribution < 1.29 is 9.47 Å². The summed E-state index contributed by atoms with van der Waals surface area (Å²) in [6.07, 6.45) is 6.45. The first-order chi connectivity index (χ1) is 14.3. The minimum atomic E-state index is 0. The van der Waals surface area contributed by atoms with Crippen molar-refractivity contribution in [1.82, 2.24) is 10.6 Å². The van der Waals surface area contributed by atoms with E-state index in [1.165, 1.54) is 28.7 Å². The van der Waals surface area contributed by atoms with Gasteiger partial charge in [0.15, 0.2) is 5.96 Å². The Morgan fingerprint density at radius 1 is 1.10 bits per heavy atom. The minimum absolute atomic E-state index is 0. The molecule has 160 valence electrons. The van der Waals surface area contributed by atoms with Crippen molar-refractivity contribution in [2.45, 2.75) is 56.9 Å². The first-order valence-electron chi connectivity index (χ1n) is 10.8. The summed E-state index contributed by atoms with van der Waals surface area (Å²) in [4.78, 5) is 4.38. The predicted octanol–water partition coefficient (Wildman–Crippen LogP) is 4.28. The number of guanidine groups is 1. The average Bonchev–Trinajstić information content (AvgIpc) is 3.40. The van der Waals surface area contributed by atoms with Gasteiger partial charge in [-0.15, -0.1) is 24.0 Å². The normalized spacial score (nSPS) is 24.6. The molecule has 30 heavy (non-hydrogen) atoms. The van der Waals surface area contributed by atoms with Crippen molar-refractivity contribution in [3.05, 3.63) is 53.6 Å². The number of rotatable bonds is 4. The van der Waals surface area contributed by atoms with Crippen LogP contribution >= 0.6 is 24.0 Å². The maximum atomic E-state index is 5.93. The number of halogens is 1. The first kappa shape index (κ1) is 21.4. The van der Waals surface area contributed by atoms with Gasteiger partial charge >= 0.3 is 0 Å². The molecule has 3 aliphatic heterocycles. The van der Waals surface area contributed by atoms with Crippen molar-refractivity contribution in [1.29, 1.82) is 0 Å². The summed E-state index contributed by atoms with van der Waals surface area (Å²) < 4.78 is 11.7. The van der Waals surface area contributed by atoms with E-state index in [0.717, 1.165) is 50.5 Å². The van der Waals surface area contributed by atoms with Gasteiger partial charge in [-0.25, -0.2) is 0 Å². The van der Waals surface area contributed by atoms with Gasteiger partial charge in [-0.3, -0.25) is 4.99 Å². The fraction of sp³-hybridized carbons (Fsp3) is 0.458. The first-order valence-corrected chi connectivity index (χ1v) is 10.8. The zero-order valence-electron chi connectivity index (χ0n) is 17.4. The molecule has 3 atom stereocenters. The van der Waals surface area contributed by atoms with Gasteiger partial charge in [0.1, 0.15) is 5.75 Å². The number of hydrogen-bond donors (Lipinski definition) is 2. The Bertz CT molecular complexity index is 900. The van der Waals surface area contributed by atoms with Crippen molar-refractivity contribution in [2.24, 2.45) is 4.99 Å². The van der Waals surface area contributed by atoms with E-state index in [1.807, 2.05) is 7.05 Å². The number of nitrogens with zero attached hydrogens (tertiary/aromatic N) is 1. The second-order valence-corrected chi connectivity index (χ2v) is 8.26. The molecule has 0 radical (unpaired) electrons. The second-order valence-electron chi connectivity index (χ2n) is 8.26. The van der Waals surface area contributed by atoms with Crippen molar-refractivity contribution >= 4 is 29.9 Å². The Labute approximate surface area is 195 Å². The third-order valence-electron chi connectivity index (χ3n) is 6.31. The molecule has 2 aromatic rings. The Morgan fingerprint density at radius 2 is 1.93 bits per heavy atom. The van der Waals surface area contributed by atoms with Gasteiger partial charge in [-0.05, 0) is 66.5 Å². The smallest absolute Gasteiger partial charge is 0.191 e. The van der Waals surface area contributed by atoms with E-state index in [-0.39, 0.29) is 24.0 Å². The number of fused-ring (bicyclic) bond motifs is 3. The molecule has 3 aliphatic rings. The highest BCUT2D eigenvalue weighted by molar-refractivity contribution is 14.0. The highest BCUT2D eigenvalue weighted by Gasteiger charge is 2.41. The summed E-state index contributed by atoms with van der Waals surface area (Å²) in [5, 5.41) is 6.97. The second kappa shape index (κ2) is 9.56. The molecule has 2 saturated heterocycles. The molecule has 0 spiro atoms. The Morgan fingerprint density at radius 3 is 2.67 bits per heavy atom. The summed E-state index contributed by atoms with van der Waals surface area (Å²) >= 11 is 0. The summed E-state index contributed by atoms with van der Waals surface area (Å²) in [6, 6.07) is 15.7. The minimum Gasteiger partial charge on any atom is -0.493 e. The number of nitrogens with one attached hydrogen (secondary N) is 2. The highest BCUT2D eigenvalue weighted by Crippen LogP contribution is 2.34. The van der Waals surface area contributed by atoms with Crippen LogP contribution in [0.5, 0.6) is 5.75 Å². The molecule has 0 aromatic heterocycles. The van der Waals surface area contributed by atoms with E-state index in [4.69, 9.17) is 9.47 Å². The molecule has 0 aliphatic carbocycles. The van der Waals surface area contributed by atoms with E-state index in [2.05, 4.69) is 58.1 Å². The Kier molecular flexibility index (Phi) is 6.83. The van der Waals surface area contributed by atoms with Gasteiger partial charge in [0.05, 0.1) is 24.9 Å². The van der Waals surface area contributed by atoms with E-state index >= 15 is 0 Å². The molecule has 5 rings (SSSR count). The topological polar surface area (TPSA) is 54.9 Å². The molecule has 5 nitrogen and oxygen atoms in total. The van der Waals surface area contributed by atoms with E-state index in [1.54, 1.807) is 0 Å². The monoisotopic (exact) mass is 519 g/mol. The molecule has 3 heterocycles. The maximum Gasteiger partial charge on any atom is 0.191 e. The fourth-order valence-corrected chi connectivity index (χ4v) is 4.70. The van der Waals surface area contributed by atoms with Gasteiger partial charge < -0.3 is 20.1 Å². The SMILES string of the molecule is CN=C(NCc1ccc(-c2ccc3c(c2)CCCO3)cc1)NC1CC2CCC1O2.I. The van der Waals surface area contributed by atoms with E-state index < -0.39 is 0 Å². The molecule has 6 heteroatoms. The predicted molar refractivity (Wildman–Crippen MR) is 131 cm³/mol. The van der Waals surface area contributed by atoms with Crippen LogP contribution in [-0.4, -0.2) is 37.9 Å². The lowest BCUT2D eigenvalue weighted by Gasteiger charge is -2.22. The highest BCUT2D eigenvalue weighted by atomic mass is 127. The van der Waals surface area contributed by atoms with Crippen LogP contribution in [0, 0.1) is 0 Å². The number of benzene rings is 2. The third kappa shape index (κ3) is 4.59. The van der Waals surface area contributed by atoms with E-state index in [0.29, 0.717) is 18.2 Å². The number of hydrogen-bond acceptors (Lipinski definition) is 3. The molecular weight excluding hydrogens is 489 g/mol. The summed E-state index contributed by atoms with van der Waals surface area (Å²) in [5.41, 5.74) is 5.05. The molecule has 0 amide bonds. The van der Waals surface area contributed by atoms with Crippen LogP contribution in [0.25, 0.3) is 11.1 Å². The van der Waals surface area contributed by atoms with Crippen LogP contribution in [0.4, 0.5) is 0 Å². The number of aryl methyl sites for hydroxylation is 1. The van der Waals surface area contributed by atoms with Crippen molar-refractivity contribution in [3.8, 4) is 16.9 Å². The zero-order valence-corrected chi connectivity index (χ0v) is 19.7. The van der Waals surface area contributed by atoms with Gasteiger partial charge in [0.25, 0.3) is 0 Å². The summed E-state index contributed by atoms with van der Waals surface area (Å²) in [5.74, 6) is 1.89. The van der Waals surface area contributed by atoms with Crippen LogP contribution < -0.4 is 15.4 Å². The Hall–Kier alpha value is -1.80. The van der Waals surface area contributed by atoms with Crippen LogP contribution in [0.1, 0.15) is 36.8 Å². The summed E-state index contributed by atoms with van der Waals surface area (Å²) in [7, 11) is 1.83. The zero-order chi connectivity index (χ0) is 19.6. The van der Waals surface area contributed by atoms with Crippen LogP contribution in [0.2, 0.25) is 0 Å². The quantitative estimate of drug-likeness (QED) is 0.360. The van der Waals surface area contributed by atoms with Gasteiger partial charge in [0.2, 0.25) is 0 Å². The lowest BCUT2D eigenvalue weighted by molar-refractivity contribution is 0.0992. The molecule has 0 saturated carbocycles. The summed E-state index contributed by atoms with van der Waals surface area (Å²) in [6.45, 7) is 1.58. The van der Waals surface area contributed by atoms with Gasteiger partial charge in [-0.1, -0.05) is 30.3 Å². The lowest BCUT2D eigenvalue weighted by Crippen LogP contribution is -2.47. The van der Waals surface area contributed by atoms with Crippen LogP contribution in [-0.2, 0) is 17.7 Å². The fourth-order valence-electron chi connectivity index (χ4n) is 4.70. The van der Waals surface area contributed by atoms with Crippen molar-refractivity contribution in [3.63, 3.8) is 0 Å². The van der Waals surface area contributed by atoms with Gasteiger partial charge in [-0.2, -0.15) is 0 Å². The number of aliphatic imine (C=N–C) groups is 1. The maximum absolute atomic E-state index is 5.93. The average molecular weight is 519 g/mol. The third-order valence-corrected chi connectivity index (χ3v) is 6.31. The van der Waals surface area contributed by atoms with Crippen LogP contribution in [0.15, 0.2) is 47.5 Å². The molecular formula is C24H30IN3O2. The number of ether oxygens (including phenoxy) is 2. The molecule has 2 bridgehead atoms.